The van der Waals surface area contributed by atoms with Crippen molar-refractivity contribution in [3.05, 3.63) is 11.6 Å². The first-order valence-electron chi connectivity index (χ1n) is 12.5. The van der Waals surface area contributed by atoms with Gasteiger partial charge in [0.1, 0.15) is 6.61 Å². The van der Waals surface area contributed by atoms with Crippen LogP contribution in [-0.4, -0.2) is 57.3 Å². The number of aliphatic hydroxyl groups is 3. The summed E-state index contributed by atoms with van der Waals surface area (Å²) in [7, 11) is 0. The molecule has 0 amide bonds. The van der Waals surface area contributed by atoms with Crippen LogP contribution in [0, 0.1) is 28.6 Å². The lowest BCUT2D eigenvalue weighted by Crippen LogP contribution is -2.64. The lowest BCUT2D eigenvalue weighted by molar-refractivity contribution is -0.205. The van der Waals surface area contributed by atoms with Gasteiger partial charge >= 0.3 is 5.97 Å². The van der Waals surface area contributed by atoms with Gasteiger partial charge in [0, 0.05) is 18.3 Å². The molecule has 4 aliphatic rings. The van der Waals surface area contributed by atoms with E-state index in [0.29, 0.717) is 38.5 Å². The maximum Gasteiger partial charge on any atom is 0.306 e. The normalized spacial score (nSPS) is 44.4. The summed E-state index contributed by atoms with van der Waals surface area (Å²) in [6, 6.07) is 0. The van der Waals surface area contributed by atoms with E-state index in [1.54, 1.807) is 6.08 Å². The van der Waals surface area contributed by atoms with Gasteiger partial charge in [-0.05, 0) is 73.3 Å². The smallest absolute Gasteiger partial charge is 0.306 e. The van der Waals surface area contributed by atoms with E-state index in [1.165, 1.54) is 0 Å². The summed E-state index contributed by atoms with van der Waals surface area (Å²) in [4.78, 5) is 37.9. The Balaban J connectivity index is 1.73. The highest BCUT2D eigenvalue weighted by Crippen LogP contribution is 2.68. The Morgan fingerprint density at radius 3 is 2.61 bits per heavy atom. The number of ether oxygens (including phenoxy) is 1. The largest absolute Gasteiger partial charge is 0.450 e. The number of ketones is 2. The third-order valence-electron chi connectivity index (χ3n) is 9.65. The second-order valence-corrected chi connectivity index (χ2v) is 11.2. The van der Waals surface area contributed by atoms with E-state index in [2.05, 4.69) is 0 Å². The van der Waals surface area contributed by atoms with Gasteiger partial charge in [-0.25, -0.2) is 0 Å². The fourth-order valence-electron chi connectivity index (χ4n) is 8.11. The van der Waals surface area contributed by atoms with Crippen molar-refractivity contribution < 1.29 is 34.4 Å². The summed E-state index contributed by atoms with van der Waals surface area (Å²) in [5.41, 5.74) is -2.06. The van der Waals surface area contributed by atoms with Crippen molar-refractivity contribution in [2.75, 3.05) is 6.61 Å². The highest BCUT2D eigenvalue weighted by Gasteiger charge is 2.71. The number of carbonyl (C=O) groups is 3. The van der Waals surface area contributed by atoms with Crippen LogP contribution < -0.4 is 0 Å². The van der Waals surface area contributed by atoms with Gasteiger partial charge in [0.2, 0.25) is 5.78 Å². The minimum atomic E-state index is -1.46. The van der Waals surface area contributed by atoms with E-state index in [0.717, 1.165) is 12.0 Å². The maximum absolute atomic E-state index is 13.2. The van der Waals surface area contributed by atoms with Crippen LogP contribution in [0.4, 0.5) is 0 Å². The maximum atomic E-state index is 13.2. The number of Topliss-reactive ketones (excluding diaryl/α,β-unsaturated/α-hetero) is 1. The SMILES string of the molecule is CCCCC(=O)O[C@@]1(C(=O)CO)CC[C@H]2[C@@H]3C[C@H](O)C4=CC(=O)CC[C@]4(C)[C@H]3[C@@H](O)C[C@@]21C. The molecule has 0 unspecified atom stereocenters. The van der Waals surface area contributed by atoms with Crippen molar-refractivity contribution in [3.8, 4) is 0 Å². The topological polar surface area (TPSA) is 121 Å². The number of hydrogen-bond acceptors (Lipinski definition) is 7. The Kier molecular flexibility index (Phi) is 6.38. The predicted octanol–water partition coefficient (Wildman–Crippen LogP) is 2.49. The first kappa shape index (κ1) is 24.6. The molecule has 4 aliphatic carbocycles. The van der Waals surface area contributed by atoms with Crippen molar-refractivity contribution in [2.45, 2.75) is 96.4 Å². The quantitative estimate of drug-likeness (QED) is 0.519. The first-order valence-corrected chi connectivity index (χ1v) is 12.5. The van der Waals surface area contributed by atoms with Gasteiger partial charge in [-0.1, -0.05) is 27.2 Å². The third-order valence-corrected chi connectivity index (χ3v) is 9.65. The van der Waals surface area contributed by atoms with Crippen LogP contribution in [0.1, 0.15) is 78.6 Å². The molecule has 0 bridgehead atoms. The fraction of sp³-hybridized carbons (Fsp3) is 0.808. The second kappa shape index (κ2) is 8.58. The lowest BCUT2D eigenvalue weighted by Gasteiger charge is -2.61. The highest BCUT2D eigenvalue weighted by molar-refractivity contribution is 5.92. The zero-order valence-electron chi connectivity index (χ0n) is 20.0. The van der Waals surface area contributed by atoms with Crippen LogP contribution in [0.15, 0.2) is 11.6 Å². The van der Waals surface area contributed by atoms with E-state index in [9.17, 15) is 29.7 Å². The molecule has 3 N–H and O–H groups in total. The minimum absolute atomic E-state index is 0.0162. The molecule has 8 atom stereocenters. The second-order valence-electron chi connectivity index (χ2n) is 11.2. The Hall–Kier alpha value is -1.57. The molecule has 0 aliphatic heterocycles. The lowest BCUT2D eigenvalue weighted by atomic mass is 9.45. The van der Waals surface area contributed by atoms with Crippen LogP contribution in [-0.2, 0) is 19.1 Å². The molecule has 7 nitrogen and oxygen atoms in total. The Labute approximate surface area is 195 Å². The Morgan fingerprint density at radius 2 is 1.94 bits per heavy atom. The third kappa shape index (κ3) is 3.53. The van der Waals surface area contributed by atoms with Crippen LogP contribution in [0.2, 0.25) is 0 Å². The number of aliphatic hydroxyl groups excluding tert-OH is 3. The molecule has 0 aromatic heterocycles. The number of fused-ring (bicyclic) bond motifs is 5. The summed E-state index contributed by atoms with van der Waals surface area (Å²) in [5, 5.41) is 32.4. The van der Waals surface area contributed by atoms with Gasteiger partial charge in [0.15, 0.2) is 11.4 Å². The molecule has 0 aromatic carbocycles. The zero-order valence-corrected chi connectivity index (χ0v) is 20.0. The summed E-state index contributed by atoms with van der Waals surface area (Å²) >= 11 is 0. The molecule has 0 heterocycles. The van der Waals surface area contributed by atoms with E-state index < -0.39 is 47.0 Å². The molecule has 0 radical (unpaired) electrons. The van der Waals surface area contributed by atoms with Gasteiger partial charge in [-0.15, -0.1) is 0 Å². The first-order chi connectivity index (χ1) is 15.5. The Morgan fingerprint density at radius 1 is 1.21 bits per heavy atom. The Bertz CT molecular complexity index is 865. The van der Waals surface area contributed by atoms with Crippen LogP contribution >= 0.6 is 0 Å². The average molecular weight is 463 g/mol. The van der Waals surface area contributed by atoms with Gasteiger partial charge in [0.25, 0.3) is 0 Å². The number of esters is 1. The summed E-state index contributed by atoms with van der Waals surface area (Å²) in [5.74, 6) is -1.20. The predicted molar refractivity (Wildman–Crippen MR) is 120 cm³/mol. The molecule has 33 heavy (non-hydrogen) atoms. The average Bonchev–Trinajstić information content (AvgIpc) is 3.05. The summed E-state index contributed by atoms with van der Waals surface area (Å²) in [6.45, 7) is 5.21. The van der Waals surface area contributed by atoms with Crippen molar-refractivity contribution in [1.82, 2.24) is 0 Å². The molecule has 4 rings (SSSR count). The van der Waals surface area contributed by atoms with Crippen LogP contribution in [0.5, 0.6) is 0 Å². The van der Waals surface area contributed by atoms with Crippen molar-refractivity contribution in [1.29, 1.82) is 0 Å². The van der Waals surface area contributed by atoms with Crippen molar-refractivity contribution in [2.24, 2.45) is 28.6 Å². The van der Waals surface area contributed by atoms with E-state index >= 15 is 0 Å². The number of hydrogen-bond donors (Lipinski definition) is 3. The van der Waals surface area contributed by atoms with Gasteiger partial charge in [0.05, 0.1) is 12.2 Å². The van der Waals surface area contributed by atoms with E-state index in [4.69, 9.17) is 4.74 Å². The number of unbranched alkanes of at least 4 members (excludes halogenated alkanes) is 1. The molecule has 184 valence electrons. The fourth-order valence-corrected chi connectivity index (χ4v) is 8.11. The van der Waals surface area contributed by atoms with Gasteiger partial charge < -0.3 is 20.1 Å². The zero-order chi connectivity index (χ0) is 24.2. The highest BCUT2D eigenvalue weighted by atomic mass is 16.6. The minimum Gasteiger partial charge on any atom is -0.450 e. The number of carbonyl (C=O) groups excluding carboxylic acids is 3. The number of rotatable bonds is 6. The summed E-state index contributed by atoms with van der Waals surface area (Å²) in [6.07, 6.45) is 4.33. The van der Waals surface area contributed by atoms with Gasteiger partial charge in [-0.2, -0.15) is 0 Å². The summed E-state index contributed by atoms with van der Waals surface area (Å²) < 4.78 is 5.95. The molecular weight excluding hydrogens is 424 g/mol. The molecule has 0 aromatic rings. The van der Waals surface area contributed by atoms with Crippen LogP contribution in [0.3, 0.4) is 0 Å². The molecule has 3 saturated carbocycles. The van der Waals surface area contributed by atoms with Crippen molar-refractivity contribution in [3.63, 3.8) is 0 Å². The standard InChI is InChI=1S/C26H38O7/c1-4-5-6-22(32)33-26(21(31)14-27)10-8-17-16-12-19(29)18-11-15(28)7-9-24(18,2)23(16)20(30)13-25(17,26)3/h11,16-17,19-20,23,27,29-30H,4-10,12-14H2,1-3H3/t16-,17-,19-,20-,23+,24-,25-,26+/m0/s1. The monoisotopic (exact) mass is 462 g/mol. The van der Waals surface area contributed by atoms with E-state index in [-0.39, 0.29) is 36.4 Å². The molecule has 3 fully saturated rings. The molecule has 7 heteroatoms. The molecular formula is C26H38O7. The van der Waals surface area contributed by atoms with E-state index in [1.807, 2.05) is 20.8 Å². The van der Waals surface area contributed by atoms with Gasteiger partial charge in [-0.3, -0.25) is 14.4 Å². The molecule has 0 saturated heterocycles. The molecule has 0 spiro atoms. The van der Waals surface area contributed by atoms with Crippen LogP contribution in [0.25, 0.3) is 0 Å². The van der Waals surface area contributed by atoms with Crippen molar-refractivity contribution >= 4 is 17.5 Å².